The molecular weight excluding hydrogens is 170 g/mol. The Labute approximate surface area is 77.4 Å². The molecule has 0 aliphatic heterocycles. The van der Waals surface area contributed by atoms with Crippen LogP contribution in [0.4, 0.5) is 5.69 Å². The molecule has 2 nitrogen and oxygen atoms in total. The minimum Gasteiger partial charge on any atom is -0.384 e. The normalized spacial score (nSPS) is 9.75. The maximum Gasteiger partial charge on any atom is 0.0570 e. The number of hydrogen-bond acceptors (Lipinski definition) is 3. The summed E-state index contributed by atoms with van der Waals surface area (Å²) in [6, 6.07) is 10.1. The Morgan fingerprint density at radius 1 is 1.33 bits per heavy atom. The number of anilines is 1. The standard InChI is InChI=1S/C9H13NOS/c1-11-7-8-12-10-9-5-3-2-4-6-9/h2-6,10H,7-8H2,1H3. The van der Waals surface area contributed by atoms with Crippen LogP contribution < -0.4 is 4.72 Å². The third-order valence-corrected chi connectivity index (χ3v) is 2.10. The van der Waals surface area contributed by atoms with Crippen LogP contribution in [0.15, 0.2) is 30.3 Å². The number of nitrogens with one attached hydrogen (secondary N) is 1. The molecule has 1 rings (SSSR count). The highest BCUT2D eigenvalue weighted by molar-refractivity contribution is 8.00. The number of benzene rings is 1. The van der Waals surface area contributed by atoms with Crippen LogP contribution in [0.3, 0.4) is 0 Å². The lowest BCUT2D eigenvalue weighted by molar-refractivity contribution is 0.219. The molecule has 0 aromatic heterocycles. The zero-order chi connectivity index (χ0) is 8.65. The molecule has 0 saturated carbocycles. The molecule has 0 aliphatic rings. The van der Waals surface area contributed by atoms with Gasteiger partial charge >= 0.3 is 0 Å². The van der Waals surface area contributed by atoms with Gasteiger partial charge in [0.05, 0.1) is 6.61 Å². The fraction of sp³-hybridized carbons (Fsp3) is 0.333. The molecule has 0 spiro atoms. The van der Waals surface area contributed by atoms with Crippen molar-refractivity contribution >= 4 is 17.6 Å². The average molecular weight is 183 g/mol. The Hall–Kier alpha value is -0.670. The van der Waals surface area contributed by atoms with Crippen molar-refractivity contribution in [2.45, 2.75) is 0 Å². The summed E-state index contributed by atoms with van der Waals surface area (Å²) >= 11 is 1.66. The first kappa shape index (κ1) is 9.42. The van der Waals surface area contributed by atoms with E-state index >= 15 is 0 Å². The highest BCUT2D eigenvalue weighted by Crippen LogP contribution is 2.10. The van der Waals surface area contributed by atoms with E-state index in [1.165, 1.54) is 0 Å². The van der Waals surface area contributed by atoms with Gasteiger partial charge in [-0.3, -0.25) is 0 Å². The molecule has 0 aliphatic carbocycles. The van der Waals surface area contributed by atoms with E-state index in [0.29, 0.717) is 0 Å². The summed E-state index contributed by atoms with van der Waals surface area (Å²) < 4.78 is 8.14. The van der Waals surface area contributed by atoms with Crippen LogP contribution in [0.1, 0.15) is 0 Å². The zero-order valence-electron chi connectivity index (χ0n) is 7.12. The van der Waals surface area contributed by atoms with Crippen LogP contribution in [0.5, 0.6) is 0 Å². The van der Waals surface area contributed by atoms with Crippen LogP contribution in [-0.4, -0.2) is 19.5 Å². The van der Waals surface area contributed by atoms with Gasteiger partial charge in [-0.25, -0.2) is 0 Å². The molecule has 0 unspecified atom stereocenters. The molecular formula is C9H13NOS. The second-order valence-corrected chi connectivity index (χ2v) is 3.21. The fourth-order valence-corrected chi connectivity index (χ4v) is 1.42. The largest absolute Gasteiger partial charge is 0.384 e. The van der Waals surface area contributed by atoms with Crippen molar-refractivity contribution in [2.24, 2.45) is 0 Å². The summed E-state index contributed by atoms with van der Waals surface area (Å²) in [5.41, 5.74) is 1.14. The fourth-order valence-electron chi connectivity index (χ4n) is 0.766. The Morgan fingerprint density at radius 2 is 2.08 bits per heavy atom. The van der Waals surface area contributed by atoms with Crippen molar-refractivity contribution < 1.29 is 4.74 Å². The van der Waals surface area contributed by atoms with Crippen LogP contribution in [0.25, 0.3) is 0 Å². The summed E-state index contributed by atoms with van der Waals surface area (Å²) in [6.45, 7) is 0.782. The topological polar surface area (TPSA) is 21.3 Å². The van der Waals surface area contributed by atoms with Gasteiger partial charge in [-0.2, -0.15) is 0 Å². The average Bonchev–Trinajstić information content (AvgIpc) is 2.14. The number of ether oxygens (including phenoxy) is 1. The van der Waals surface area contributed by atoms with Crippen molar-refractivity contribution in [3.05, 3.63) is 30.3 Å². The summed E-state index contributed by atoms with van der Waals surface area (Å²) in [4.78, 5) is 0. The molecule has 0 amide bonds. The van der Waals surface area contributed by atoms with Gasteiger partial charge in [0, 0.05) is 18.6 Å². The maximum absolute atomic E-state index is 4.92. The van der Waals surface area contributed by atoms with Gasteiger partial charge in [0.2, 0.25) is 0 Å². The minimum absolute atomic E-state index is 0.782. The summed E-state index contributed by atoms with van der Waals surface area (Å²) in [7, 11) is 1.71. The summed E-state index contributed by atoms with van der Waals surface area (Å²) in [6.07, 6.45) is 0. The molecule has 0 atom stereocenters. The predicted molar refractivity (Wildman–Crippen MR) is 54.4 cm³/mol. The second kappa shape index (κ2) is 5.91. The Balaban J connectivity index is 2.16. The van der Waals surface area contributed by atoms with Crippen LogP contribution in [0.2, 0.25) is 0 Å². The van der Waals surface area contributed by atoms with Crippen LogP contribution >= 0.6 is 11.9 Å². The van der Waals surface area contributed by atoms with E-state index in [1.54, 1.807) is 19.1 Å². The zero-order valence-corrected chi connectivity index (χ0v) is 7.93. The molecule has 0 bridgehead atoms. The molecule has 0 radical (unpaired) electrons. The molecule has 3 heteroatoms. The monoisotopic (exact) mass is 183 g/mol. The van der Waals surface area contributed by atoms with E-state index in [0.717, 1.165) is 18.0 Å². The smallest absolute Gasteiger partial charge is 0.0570 e. The first-order chi connectivity index (χ1) is 5.93. The first-order valence-electron chi connectivity index (χ1n) is 3.85. The highest BCUT2D eigenvalue weighted by Gasteiger charge is 1.88. The van der Waals surface area contributed by atoms with Crippen molar-refractivity contribution in [3.8, 4) is 0 Å². The van der Waals surface area contributed by atoms with E-state index in [9.17, 15) is 0 Å². The number of hydrogen-bond donors (Lipinski definition) is 1. The van der Waals surface area contributed by atoms with Crippen molar-refractivity contribution in [1.82, 2.24) is 0 Å². The number of para-hydroxylation sites is 1. The van der Waals surface area contributed by atoms with Gasteiger partial charge in [0.15, 0.2) is 0 Å². The Morgan fingerprint density at radius 3 is 2.75 bits per heavy atom. The third kappa shape index (κ3) is 3.64. The van der Waals surface area contributed by atoms with Crippen molar-refractivity contribution in [2.75, 3.05) is 24.2 Å². The molecule has 66 valence electrons. The van der Waals surface area contributed by atoms with E-state index in [4.69, 9.17) is 4.74 Å². The van der Waals surface area contributed by atoms with Crippen molar-refractivity contribution in [1.29, 1.82) is 0 Å². The lowest BCUT2D eigenvalue weighted by Crippen LogP contribution is -1.95. The summed E-state index contributed by atoms with van der Waals surface area (Å²) in [5, 5.41) is 0. The highest BCUT2D eigenvalue weighted by atomic mass is 32.2. The molecule has 1 aromatic carbocycles. The molecule has 1 aromatic rings. The van der Waals surface area contributed by atoms with Crippen LogP contribution in [-0.2, 0) is 4.74 Å². The minimum atomic E-state index is 0.782. The summed E-state index contributed by atoms with van der Waals surface area (Å²) in [5.74, 6) is 0.964. The van der Waals surface area contributed by atoms with Gasteiger partial charge in [0.1, 0.15) is 0 Å². The van der Waals surface area contributed by atoms with Crippen molar-refractivity contribution in [3.63, 3.8) is 0 Å². The SMILES string of the molecule is COCCSNc1ccccc1. The van der Waals surface area contributed by atoms with Gasteiger partial charge < -0.3 is 9.46 Å². The van der Waals surface area contributed by atoms with Gasteiger partial charge in [-0.05, 0) is 12.1 Å². The van der Waals surface area contributed by atoms with Gasteiger partial charge in [-0.1, -0.05) is 30.1 Å². The van der Waals surface area contributed by atoms with Crippen LogP contribution in [0, 0.1) is 0 Å². The van der Waals surface area contributed by atoms with Gasteiger partial charge in [-0.15, -0.1) is 0 Å². The van der Waals surface area contributed by atoms with E-state index < -0.39 is 0 Å². The second-order valence-electron chi connectivity index (χ2n) is 2.31. The Bertz CT molecular complexity index is 203. The van der Waals surface area contributed by atoms with Gasteiger partial charge in [0.25, 0.3) is 0 Å². The number of methoxy groups -OCH3 is 1. The first-order valence-corrected chi connectivity index (χ1v) is 4.84. The van der Waals surface area contributed by atoms with E-state index in [-0.39, 0.29) is 0 Å². The number of rotatable bonds is 5. The van der Waals surface area contributed by atoms with E-state index in [2.05, 4.69) is 4.72 Å². The molecule has 1 N–H and O–H groups in total. The lowest BCUT2D eigenvalue weighted by atomic mass is 10.3. The Kier molecular flexibility index (Phi) is 4.64. The molecule has 0 fully saturated rings. The van der Waals surface area contributed by atoms with E-state index in [1.807, 2.05) is 30.3 Å². The molecule has 0 heterocycles. The quantitative estimate of drug-likeness (QED) is 0.559. The predicted octanol–water partition coefficient (Wildman–Crippen LogP) is 2.39. The molecule has 12 heavy (non-hydrogen) atoms. The lowest BCUT2D eigenvalue weighted by Gasteiger charge is -2.03. The molecule has 0 saturated heterocycles. The third-order valence-electron chi connectivity index (χ3n) is 1.35. The maximum atomic E-state index is 4.92.